The molecule has 0 heterocycles. The van der Waals surface area contributed by atoms with Crippen LogP contribution >= 0.6 is 0 Å². The lowest BCUT2D eigenvalue weighted by molar-refractivity contribution is -0.0290. The molecule has 380 valence electrons. The Morgan fingerprint density at radius 3 is 0.381 bits per heavy atom. The van der Waals surface area contributed by atoms with Gasteiger partial charge in [-0.1, -0.05) is 142 Å². The summed E-state index contributed by atoms with van der Waals surface area (Å²) < 4.78 is 72.2. The van der Waals surface area contributed by atoms with Gasteiger partial charge in [0.1, 0.15) is 0 Å². The second kappa shape index (κ2) is 61.5. The average molecular weight is 911 g/mol. The number of unbranched alkanes of at least 4 members (excludes halogenated alkanes) is 20. The largest absolute Gasteiger partial charge is 0.379 e. The summed E-state index contributed by atoms with van der Waals surface area (Å²) in [7, 11) is 0. The fourth-order valence-corrected chi connectivity index (χ4v) is 6.48. The zero-order valence-electron chi connectivity index (χ0n) is 41.2. The van der Waals surface area contributed by atoms with E-state index in [1.807, 2.05) is 0 Å². The molecule has 0 N–H and O–H groups in total. The minimum absolute atomic E-state index is 0.518. The Balaban J connectivity index is 3.06. The van der Waals surface area contributed by atoms with Crippen molar-refractivity contribution in [3.05, 3.63) is 0 Å². The lowest BCUT2D eigenvalue weighted by atomic mass is 10.0. The predicted molar refractivity (Wildman–Crippen MR) is 254 cm³/mol. The normalized spacial score (nSPS) is 11.7. The van der Waals surface area contributed by atoms with Crippen molar-refractivity contribution in [3.63, 3.8) is 0 Å². The summed E-state index contributed by atoms with van der Waals surface area (Å²) in [4.78, 5) is 0. The van der Waals surface area contributed by atoms with Gasteiger partial charge in [-0.05, 0) is 12.8 Å². The highest BCUT2D eigenvalue weighted by Gasteiger charge is 1.99. The van der Waals surface area contributed by atoms with Crippen LogP contribution in [0.4, 0.5) is 0 Å². The summed E-state index contributed by atoms with van der Waals surface area (Å²) in [5, 5.41) is 0. The molecule has 0 spiro atoms. The van der Waals surface area contributed by atoms with E-state index in [4.69, 9.17) is 61.6 Å². The number of hydrogen-bond donors (Lipinski definition) is 0. The molecule has 0 unspecified atom stereocenters. The van der Waals surface area contributed by atoms with Gasteiger partial charge in [0, 0.05) is 13.2 Å². The van der Waals surface area contributed by atoms with Crippen molar-refractivity contribution < 1.29 is 61.6 Å². The van der Waals surface area contributed by atoms with Gasteiger partial charge in [0.05, 0.1) is 159 Å². The van der Waals surface area contributed by atoms with E-state index < -0.39 is 0 Å². The molecule has 13 nitrogen and oxygen atoms in total. The molecule has 0 aliphatic heterocycles. The standard InChI is InChI=1S/C50H102O13/c1-3-5-7-9-11-12-13-14-15-16-17-18-19-20-22-24-26-52-28-30-54-32-34-56-36-38-58-40-42-60-44-46-62-48-50-63-49-47-61-45-43-59-41-39-57-37-35-55-33-31-53-29-27-51-25-23-21-10-8-6-4-2/h3-50H2,1-2H3. The van der Waals surface area contributed by atoms with Crippen molar-refractivity contribution in [2.24, 2.45) is 0 Å². The first kappa shape index (κ1) is 62.5. The topological polar surface area (TPSA) is 120 Å². The van der Waals surface area contributed by atoms with Gasteiger partial charge in [-0.2, -0.15) is 0 Å². The molecule has 13 heteroatoms. The maximum Gasteiger partial charge on any atom is 0.0701 e. The van der Waals surface area contributed by atoms with Crippen LogP contribution in [0.5, 0.6) is 0 Å². The fraction of sp³-hybridized carbons (Fsp3) is 1.00. The smallest absolute Gasteiger partial charge is 0.0701 e. The number of hydrogen-bond acceptors (Lipinski definition) is 13. The van der Waals surface area contributed by atoms with Crippen LogP contribution in [0.25, 0.3) is 0 Å². The molecule has 0 bridgehead atoms. The third kappa shape index (κ3) is 61.5. The Bertz CT molecular complexity index is 710. The van der Waals surface area contributed by atoms with Gasteiger partial charge in [0.15, 0.2) is 0 Å². The molecular weight excluding hydrogens is 809 g/mol. The van der Waals surface area contributed by atoms with Gasteiger partial charge < -0.3 is 61.6 Å². The van der Waals surface area contributed by atoms with Crippen molar-refractivity contribution >= 4 is 0 Å². The van der Waals surface area contributed by atoms with E-state index in [0.29, 0.717) is 159 Å². The zero-order valence-corrected chi connectivity index (χ0v) is 41.2. The maximum absolute atomic E-state index is 5.71. The van der Waals surface area contributed by atoms with Crippen LogP contribution < -0.4 is 0 Å². The summed E-state index contributed by atoms with van der Waals surface area (Å²) >= 11 is 0. The molecule has 0 saturated heterocycles. The Labute approximate surface area is 387 Å². The van der Waals surface area contributed by atoms with Gasteiger partial charge >= 0.3 is 0 Å². The van der Waals surface area contributed by atoms with Crippen LogP contribution in [0.15, 0.2) is 0 Å². The lowest BCUT2D eigenvalue weighted by Crippen LogP contribution is -2.15. The summed E-state index contributed by atoms with van der Waals surface area (Å²) in [6, 6.07) is 0. The number of rotatable bonds is 60. The van der Waals surface area contributed by atoms with Gasteiger partial charge in [-0.25, -0.2) is 0 Å². The molecule has 0 aliphatic carbocycles. The predicted octanol–water partition coefficient (Wildman–Crippen LogP) is 9.82. The SMILES string of the molecule is CCCCCCCCCCCCCCCCCCOCCOCCOCCOCCOCCOCCOCCOCCOCCOCCOCCOCCOCCCCCCCC. The second-order valence-electron chi connectivity index (χ2n) is 16.0. The Kier molecular flexibility index (Phi) is 61.0. The molecule has 0 amide bonds. The third-order valence-electron chi connectivity index (χ3n) is 10.2. The second-order valence-corrected chi connectivity index (χ2v) is 16.0. The van der Waals surface area contributed by atoms with Crippen molar-refractivity contribution in [1.29, 1.82) is 0 Å². The van der Waals surface area contributed by atoms with Crippen molar-refractivity contribution in [2.45, 2.75) is 155 Å². The van der Waals surface area contributed by atoms with E-state index in [-0.39, 0.29) is 0 Å². The molecule has 0 saturated carbocycles. The highest BCUT2D eigenvalue weighted by molar-refractivity contribution is 4.50. The van der Waals surface area contributed by atoms with Crippen molar-refractivity contribution in [3.8, 4) is 0 Å². The summed E-state index contributed by atoms with van der Waals surface area (Å²) in [6.07, 6.45) is 29.9. The molecule has 0 aromatic carbocycles. The highest BCUT2D eigenvalue weighted by Crippen LogP contribution is 2.14. The minimum Gasteiger partial charge on any atom is -0.379 e. The maximum atomic E-state index is 5.71. The van der Waals surface area contributed by atoms with Gasteiger partial charge in [-0.3, -0.25) is 0 Å². The first-order valence-corrected chi connectivity index (χ1v) is 25.9. The summed E-state index contributed by atoms with van der Waals surface area (Å²) in [5.41, 5.74) is 0. The van der Waals surface area contributed by atoms with E-state index in [2.05, 4.69) is 13.8 Å². The Morgan fingerprint density at radius 1 is 0.127 bits per heavy atom. The van der Waals surface area contributed by atoms with Crippen LogP contribution in [-0.2, 0) is 61.6 Å². The zero-order chi connectivity index (χ0) is 45.1. The van der Waals surface area contributed by atoms with Crippen LogP contribution in [0, 0.1) is 0 Å². The molecular formula is C50H102O13. The van der Waals surface area contributed by atoms with Crippen LogP contribution in [0.3, 0.4) is 0 Å². The van der Waals surface area contributed by atoms with E-state index in [9.17, 15) is 0 Å². The monoisotopic (exact) mass is 911 g/mol. The molecule has 0 fully saturated rings. The van der Waals surface area contributed by atoms with Crippen LogP contribution in [-0.4, -0.2) is 172 Å². The van der Waals surface area contributed by atoms with E-state index >= 15 is 0 Å². The molecule has 0 atom stereocenters. The molecule has 0 aromatic heterocycles. The van der Waals surface area contributed by atoms with E-state index in [1.54, 1.807) is 0 Å². The van der Waals surface area contributed by atoms with E-state index in [1.165, 1.54) is 128 Å². The lowest BCUT2D eigenvalue weighted by Gasteiger charge is -2.09. The van der Waals surface area contributed by atoms with Crippen LogP contribution in [0.2, 0.25) is 0 Å². The Hall–Kier alpha value is -0.520. The van der Waals surface area contributed by atoms with Crippen LogP contribution in [0.1, 0.15) is 155 Å². The minimum atomic E-state index is 0.518. The highest BCUT2D eigenvalue weighted by atomic mass is 16.6. The molecule has 0 radical (unpaired) electrons. The van der Waals surface area contributed by atoms with Gasteiger partial charge in [0.2, 0.25) is 0 Å². The molecule has 63 heavy (non-hydrogen) atoms. The molecule has 0 rings (SSSR count). The first-order chi connectivity index (χ1) is 31.4. The quantitative estimate of drug-likeness (QED) is 0.0539. The number of ether oxygens (including phenoxy) is 13. The van der Waals surface area contributed by atoms with Crippen molar-refractivity contribution in [1.82, 2.24) is 0 Å². The van der Waals surface area contributed by atoms with Gasteiger partial charge in [0.25, 0.3) is 0 Å². The van der Waals surface area contributed by atoms with E-state index in [0.717, 1.165) is 26.1 Å². The average Bonchev–Trinajstić information content (AvgIpc) is 3.29. The first-order valence-electron chi connectivity index (χ1n) is 25.9. The van der Waals surface area contributed by atoms with Gasteiger partial charge in [-0.15, -0.1) is 0 Å². The Morgan fingerprint density at radius 2 is 0.238 bits per heavy atom. The molecule has 0 aliphatic rings. The summed E-state index contributed by atoms with van der Waals surface area (Å²) in [6.45, 7) is 19.4. The third-order valence-corrected chi connectivity index (χ3v) is 10.2. The van der Waals surface area contributed by atoms with Crippen molar-refractivity contribution in [2.75, 3.05) is 172 Å². The fourth-order valence-electron chi connectivity index (χ4n) is 6.48. The summed E-state index contributed by atoms with van der Waals surface area (Å²) in [5.74, 6) is 0. The molecule has 0 aromatic rings.